The average Bonchev–Trinajstić information content (AvgIpc) is 3.23. The molecule has 0 saturated carbocycles. The Labute approximate surface area is 397 Å². The number of nitrogens with zero attached hydrogens (tertiary/aromatic N) is 4. The van der Waals surface area contributed by atoms with Gasteiger partial charge in [0, 0.05) is 43.9 Å². The lowest BCUT2D eigenvalue weighted by Crippen LogP contribution is -2.33. The van der Waals surface area contributed by atoms with Gasteiger partial charge in [-0.05, 0) is 123 Å². The smallest absolute Gasteiger partial charge is 0.258 e. The molecule has 5 rings (SSSR count). The Morgan fingerprint density at radius 1 is 0.484 bits per heavy atom. The van der Waals surface area contributed by atoms with Crippen LogP contribution < -0.4 is 21.3 Å². The molecule has 0 aromatic heterocycles. The largest absolute Gasteiger partial charge is 0.323 e. The number of ketones is 2. The van der Waals surface area contributed by atoms with Gasteiger partial charge >= 0.3 is 0 Å². The molecular formula is C44H36Cl6N8O6. The summed E-state index contributed by atoms with van der Waals surface area (Å²) in [5.41, 5.74) is 3.12. The summed E-state index contributed by atoms with van der Waals surface area (Å²) in [7, 11) is 0. The number of rotatable bonds is 16. The van der Waals surface area contributed by atoms with E-state index in [1.165, 1.54) is 86.6 Å². The topological polar surface area (TPSA) is 200 Å². The fourth-order valence-electron chi connectivity index (χ4n) is 6.10. The Kier molecular flexibility index (Phi) is 17.1. The van der Waals surface area contributed by atoms with Gasteiger partial charge in [0.15, 0.2) is 11.6 Å². The number of amides is 4. The van der Waals surface area contributed by atoms with Gasteiger partial charge in [-0.2, -0.15) is 20.5 Å². The van der Waals surface area contributed by atoms with Crippen molar-refractivity contribution in [2.24, 2.45) is 20.5 Å². The van der Waals surface area contributed by atoms with Gasteiger partial charge in [0.2, 0.25) is 12.1 Å². The van der Waals surface area contributed by atoms with Crippen LogP contribution in [0.25, 0.3) is 0 Å². The Morgan fingerprint density at radius 2 is 0.859 bits per heavy atom. The van der Waals surface area contributed by atoms with Crippen LogP contribution in [0.4, 0.5) is 34.1 Å². The Hall–Kier alpha value is -5.74. The zero-order chi connectivity index (χ0) is 46.8. The van der Waals surface area contributed by atoms with E-state index in [2.05, 4.69) is 41.7 Å². The van der Waals surface area contributed by atoms with Crippen molar-refractivity contribution in [1.82, 2.24) is 0 Å². The standard InChI is InChI=1S/C44H36Cl6N8O6/c1-5-31-32(6-2)38(54-44(64)40(22(4)60)58-56-30-16-24(14-26(46)18-30)42(62)52-28-8-10-34(48)36(50)20-28)12-11-37(31)53-43(63)39(21(3)59)57-55-29-15-23(13-25(45)17-29)41(61)51-27-7-9-33(47)35(49)19-27/h7-20,39-40H,5-6H2,1-4H3,(H,51,61)(H,52,62)(H,53,63)(H,54,64). The lowest BCUT2D eigenvalue weighted by molar-refractivity contribution is -0.127. The highest BCUT2D eigenvalue weighted by Gasteiger charge is 2.27. The molecule has 0 spiro atoms. The zero-order valence-electron chi connectivity index (χ0n) is 34.2. The van der Waals surface area contributed by atoms with Crippen molar-refractivity contribution >= 4 is 139 Å². The number of hydrogen-bond acceptors (Lipinski definition) is 10. The number of hydrogen-bond donors (Lipinski definition) is 4. The highest BCUT2D eigenvalue weighted by atomic mass is 35.5. The molecule has 2 unspecified atom stereocenters. The maximum Gasteiger partial charge on any atom is 0.258 e. The minimum atomic E-state index is -1.59. The third-order valence-corrected chi connectivity index (χ3v) is 11.1. The van der Waals surface area contributed by atoms with E-state index >= 15 is 0 Å². The van der Waals surface area contributed by atoms with Gasteiger partial charge in [-0.3, -0.25) is 28.8 Å². The van der Waals surface area contributed by atoms with Gasteiger partial charge in [0.05, 0.1) is 31.5 Å². The first-order chi connectivity index (χ1) is 30.4. The van der Waals surface area contributed by atoms with Crippen molar-refractivity contribution in [1.29, 1.82) is 0 Å². The van der Waals surface area contributed by atoms with Crippen LogP contribution in [0, 0.1) is 0 Å². The van der Waals surface area contributed by atoms with E-state index in [-0.39, 0.29) is 42.6 Å². The summed E-state index contributed by atoms with van der Waals surface area (Å²) in [4.78, 5) is 78.6. The van der Waals surface area contributed by atoms with Gasteiger partial charge in [0.1, 0.15) is 0 Å². The van der Waals surface area contributed by atoms with E-state index in [9.17, 15) is 28.8 Å². The Morgan fingerprint density at radius 3 is 1.19 bits per heavy atom. The number of azo groups is 2. The second kappa shape index (κ2) is 22.2. The molecule has 0 aliphatic carbocycles. The molecule has 14 nitrogen and oxygen atoms in total. The minimum Gasteiger partial charge on any atom is -0.323 e. The molecule has 5 aromatic rings. The van der Waals surface area contributed by atoms with Gasteiger partial charge in [0.25, 0.3) is 23.6 Å². The van der Waals surface area contributed by atoms with Crippen LogP contribution in [-0.2, 0) is 32.0 Å². The van der Waals surface area contributed by atoms with Gasteiger partial charge in [-0.1, -0.05) is 83.5 Å². The monoisotopic (exact) mass is 982 g/mol. The zero-order valence-corrected chi connectivity index (χ0v) is 38.7. The van der Waals surface area contributed by atoms with Crippen LogP contribution in [-0.4, -0.2) is 47.3 Å². The van der Waals surface area contributed by atoms with Crippen LogP contribution in [0.15, 0.2) is 105 Å². The number of anilines is 4. The van der Waals surface area contributed by atoms with Crippen molar-refractivity contribution in [3.8, 4) is 0 Å². The molecule has 0 radical (unpaired) electrons. The first-order valence-corrected chi connectivity index (χ1v) is 21.4. The van der Waals surface area contributed by atoms with Gasteiger partial charge < -0.3 is 21.3 Å². The second-order valence-electron chi connectivity index (χ2n) is 13.8. The first-order valence-electron chi connectivity index (χ1n) is 19.1. The number of carbonyl (C=O) groups is 6. The van der Waals surface area contributed by atoms with Crippen LogP contribution in [0.2, 0.25) is 30.1 Å². The molecule has 5 aromatic carbocycles. The van der Waals surface area contributed by atoms with Gasteiger partial charge in [-0.15, -0.1) is 0 Å². The highest BCUT2D eigenvalue weighted by molar-refractivity contribution is 6.42. The summed E-state index contributed by atoms with van der Waals surface area (Å²) >= 11 is 36.6. The first kappa shape index (κ1) is 49.3. The maximum atomic E-state index is 13.6. The molecule has 64 heavy (non-hydrogen) atoms. The molecular weight excluding hydrogens is 949 g/mol. The minimum absolute atomic E-state index is 0.0953. The number of halogens is 6. The predicted molar refractivity (Wildman–Crippen MR) is 252 cm³/mol. The second-order valence-corrected chi connectivity index (χ2v) is 16.3. The summed E-state index contributed by atoms with van der Waals surface area (Å²) in [6.07, 6.45) is 0.770. The number of carbonyl (C=O) groups excluding carboxylic acids is 6. The number of benzene rings is 5. The van der Waals surface area contributed by atoms with E-state index in [4.69, 9.17) is 69.6 Å². The lowest BCUT2D eigenvalue weighted by Gasteiger charge is -2.20. The van der Waals surface area contributed by atoms with E-state index in [1.807, 2.05) is 13.8 Å². The highest BCUT2D eigenvalue weighted by Crippen LogP contribution is 2.32. The molecule has 0 aliphatic heterocycles. The molecule has 0 bridgehead atoms. The molecule has 0 heterocycles. The van der Waals surface area contributed by atoms with Crippen molar-refractivity contribution in [3.63, 3.8) is 0 Å². The molecule has 4 amide bonds. The lowest BCUT2D eigenvalue weighted by atomic mass is 9.98. The van der Waals surface area contributed by atoms with Crippen LogP contribution >= 0.6 is 69.6 Å². The van der Waals surface area contributed by atoms with Gasteiger partial charge in [-0.25, -0.2) is 0 Å². The van der Waals surface area contributed by atoms with Crippen LogP contribution in [0.5, 0.6) is 0 Å². The van der Waals surface area contributed by atoms with Crippen molar-refractivity contribution < 1.29 is 28.8 Å². The summed E-state index contributed by atoms with van der Waals surface area (Å²) in [6, 6.07) is 17.4. The summed E-state index contributed by atoms with van der Waals surface area (Å²) in [5.74, 6) is -3.92. The summed E-state index contributed by atoms with van der Waals surface area (Å²) in [6.45, 7) is 6.03. The quantitative estimate of drug-likeness (QED) is 0.0560. The molecule has 2 atom stereocenters. The van der Waals surface area contributed by atoms with E-state index in [0.29, 0.717) is 56.8 Å². The molecule has 0 saturated heterocycles. The molecule has 330 valence electrons. The summed E-state index contributed by atoms with van der Waals surface area (Å²) < 4.78 is 0. The molecule has 0 fully saturated rings. The average molecular weight is 986 g/mol. The summed E-state index contributed by atoms with van der Waals surface area (Å²) in [5, 5.41) is 28.4. The third-order valence-electron chi connectivity index (χ3n) is 9.14. The van der Waals surface area contributed by atoms with E-state index in [0.717, 1.165) is 0 Å². The third kappa shape index (κ3) is 12.9. The van der Waals surface area contributed by atoms with Crippen molar-refractivity contribution in [3.05, 3.63) is 137 Å². The number of Topliss-reactive ketones (excluding diaryl/α,β-unsaturated/α-hetero) is 2. The maximum absolute atomic E-state index is 13.6. The van der Waals surface area contributed by atoms with Crippen molar-refractivity contribution in [2.75, 3.05) is 21.3 Å². The molecule has 4 N–H and O–H groups in total. The molecule has 0 aliphatic rings. The number of nitrogens with one attached hydrogen (secondary N) is 4. The van der Waals surface area contributed by atoms with E-state index in [1.54, 1.807) is 12.1 Å². The van der Waals surface area contributed by atoms with Crippen LogP contribution in [0.3, 0.4) is 0 Å². The fraction of sp³-hybridized carbons (Fsp3) is 0.182. The Bertz CT molecular complexity index is 2560. The van der Waals surface area contributed by atoms with Crippen molar-refractivity contribution in [2.45, 2.75) is 52.6 Å². The normalized spacial score (nSPS) is 12.2. The molecule has 20 heteroatoms. The Balaban J connectivity index is 1.30. The van der Waals surface area contributed by atoms with E-state index < -0.39 is 47.3 Å². The fourth-order valence-corrected chi connectivity index (χ4v) is 7.16. The SMILES string of the molecule is CCc1c(NC(=O)C(N=Nc2cc(Cl)cc(C(=O)Nc3ccc(Cl)c(Cl)c3)c2)C(C)=O)ccc(NC(=O)C(N=Nc2cc(Cl)cc(C(=O)Nc3ccc(Cl)c(Cl)c3)c2)C(C)=O)c1CC. The predicted octanol–water partition coefficient (Wildman–Crippen LogP) is 12.6. The van der Waals surface area contributed by atoms with Crippen LogP contribution in [0.1, 0.15) is 59.5 Å².